The third kappa shape index (κ3) is 7.87. The van der Waals surface area contributed by atoms with E-state index in [1.165, 1.54) is 29.2 Å². The molecule has 13 heteroatoms. The molecule has 1 heterocycles. The predicted molar refractivity (Wildman–Crippen MR) is 163 cm³/mol. The summed E-state index contributed by atoms with van der Waals surface area (Å²) in [6.07, 6.45) is 4.39. The normalized spacial score (nSPS) is 20.3. The molecule has 0 saturated heterocycles. The number of sulfonamides is 1. The second kappa shape index (κ2) is 12.6. The van der Waals surface area contributed by atoms with Gasteiger partial charge in [0.15, 0.2) is 13.2 Å². The second-order valence-electron chi connectivity index (χ2n) is 13.3. The first-order valence-electron chi connectivity index (χ1n) is 14.2. The molecule has 1 fully saturated rings. The number of para-hydroxylation sites is 1. The van der Waals surface area contributed by atoms with Crippen LogP contribution in [-0.4, -0.2) is 74.6 Å². The largest absolute Gasteiger partial charge is 0.444 e. The summed E-state index contributed by atoms with van der Waals surface area (Å²) in [4.78, 5) is 31.4. The van der Waals surface area contributed by atoms with Gasteiger partial charge in [0.1, 0.15) is 5.60 Å². The maximum Gasteiger partial charge on any atom is 0.410 e. The summed E-state index contributed by atoms with van der Waals surface area (Å²) in [6, 6.07) is 3.70. The van der Waals surface area contributed by atoms with Crippen LogP contribution in [0.2, 0.25) is 18.1 Å². The average Bonchev–Trinajstić information content (AvgIpc) is 3.71. The highest BCUT2D eigenvalue weighted by Gasteiger charge is 2.48. The minimum absolute atomic E-state index is 0.0577. The molecule has 0 N–H and O–H groups in total. The zero-order valence-electron chi connectivity index (χ0n) is 26.0. The first-order chi connectivity index (χ1) is 19.3. The van der Waals surface area contributed by atoms with Gasteiger partial charge in [-0.3, -0.25) is 19.9 Å². The Labute approximate surface area is 250 Å². The molecule has 0 radical (unpaired) electrons. The number of amides is 1. The van der Waals surface area contributed by atoms with Crippen LogP contribution in [0.4, 0.5) is 10.5 Å². The second-order valence-corrected chi connectivity index (χ2v) is 19.9. The van der Waals surface area contributed by atoms with Gasteiger partial charge in [0.2, 0.25) is 0 Å². The molecule has 0 bridgehead atoms. The maximum absolute atomic E-state index is 14.1. The highest BCUT2D eigenvalue weighted by Crippen LogP contribution is 2.44. The van der Waals surface area contributed by atoms with E-state index in [1.54, 1.807) is 20.8 Å². The molecule has 1 aromatic rings. The summed E-state index contributed by atoms with van der Waals surface area (Å²) < 4.78 is 41.3. The lowest BCUT2D eigenvalue weighted by Crippen LogP contribution is -2.57. The van der Waals surface area contributed by atoms with Crippen molar-refractivity contribution in [1.29, 1.82) is 0 Å². The summed E-state index contributed by atoms with van der Waals surface area (Å²) in [6.45, 7) is 19.6. The van der Waals surface area contributed by atoms with Gasteiger partial charge in [-0.25, -0.2) is 13.2 Å². The Morgan fingerprint density at radius 2 is 1.81 bits per heavy atom. The average molecular weight is 624 g/mol. The monoisotopic (exact) mass is 623 g/mol. The quantitative estimate of drug-likeness (QED) is 0.126. The highest BCUT2D eigenvalue weighted by atomic mass is 32.2. The number of nitro benzene ring substituents is 1. The Morgan fingerprint density at radius 3 is 2.33 bits per heavy atom. The molecule has 2 aliphatic rings. The van der Waals surface area contributed by atoms with Crippen molar-refractivity contribution in [2.24, 2.45) is 5.92 Å². The van der Waals surface area contributed by atoms with Crippen LogP contribution in [0.3, 0.4) is 0 Å². The van der Waals surface area contributed by atoms with E-state index in [2.05, 4.69) is 40.4 Å². The van der Waals surface area contributed by atoms with Crippen molar-refractivity contribution in [1.82, 2.24) is 9.37 Å². The van der Waals surface area contributed by atoms with Gasteiger partial charge in [-0.2, -0.15) is 0 Å². The number of benzene rings is 1. The van der Waals surface area contributed by atoms with E-state index in [9.17, 15) is 23.3 Å². The van der Waals surface area contributed by atoms with E-state index in [-0.39, 0.29) is 30.7 Å². The molecule has 2 atom stereocenters. The highest BCUT2D eigenvalue weighted by molar-refractivity contribution is 7.89. The standard InChI is InChI=1S/C29H45N3O8SSi/c1-10-17-38-32(41(36,37)26-14-12-11-13-24(26)31(34)35)25-19-30(27(33)40-28(2,3)4)22(18-23(25)21-15-16-21)20-39-42(8,9)29(5,6)7/h10-14,18,21-22,25H,1,15-17,19-20H2,2-9H3/t22-,25?/m0/s1. The number of ether oxygens (including phenoxy) is 1. The van der Waals surface area contributed by atoms with Crippen LogP contribution >= 0.6 is 0 Å². The smallest absolute Gasteiger partial charge is 0.410 e. The van der Waals surface area contributed by atoms with Gasteiger partial charge in [0.05, 0.1) is 30.2 Å². The molecule has 1 unspecified atom stereocenters. The molecule has 11 nitrogen and oxygen atoms in total. The van der Waals surface area contributed by atoms with Gasteiger partial charge in [0.25, 0.3) is 15.7 Å². The topological polar surface area (TPSA) is 129 Å². The van der Waals surface area contributed by atoms with Crippen LogP contribution in [0.15, 0.2) is 53.5 Å². The number of hydroxylamine groups is 1. The number of hydrogen-bond donors (Lipinski definition) is 0. The number of nitrogens with zero attached hydrogens (tertiary/aromatic N) is 3. The summed E-state index contributed by atoms with van der Waals surface area (Å²) in [5, 5.41) is 11.7. The molecule has 0 aromatic heterocycles. The van der Waals surface area contributed by atoms with E-state index >= 15 is 0 Å². The van der Waals surface area contributed by atoms with Crippen molar-refractivity contribution in [3.8, 4) is 0 Å². The van der Waals surface area contributed by atoms with Gasteiger partial charge in [0, 0.05) is 12.6 Å². The van der Waals surface area contributed by atoms with E-state index in [0.29, 0.717) is 0 Å². The van der Waals surface area contributed by atoms with Crippen molar-refractivity contribution in [2.45, 2.75) is 95.1 Å². The lowest BCUT2D eigenvalue weighted by atomic mass is 9.95. The molecule has 1 saturated carbocycles. The van der Waals surface area contributed by atoms with E-state index in [1.807, 2.05) is 6.08 Å². The molecule has 1 aromatic carbocycles. The van der Waals surface area contributed by atoms with Gasteiger partial charge in [-0.1, -0.05) is 49.5 Å². The van der Waals surface area contributed by atoms with Crippen LogP contribution in [0.25, 0.3) is 0 Å². The third-order valence-electron chi connectivity index (χ3n) is 7.79. The maximum atomic E-state index is 14.1. The van der Waals surface area contributed by atoms with Crippen molar-refractivity contribution >= 4 is 30.1 Å². The fourth-order valence-electron chi connectivity index (χ4n) is 4.42. The Kier molecular flexibility index (Phi) is 10.1. The van der Waals surface area contributed by atoms with Crippen LogP contribution in [0, 0.1) is 16.0 Å². The van der Waals surface area contributed by atoms with Gasteiger partial charge in [-0.15, -0.1) is 6.58 Å². The van der Waals surface area contributed by atoms with Crippen molar-refractivity contribution in [3.05, 3.63) is 58.7 Å². The van der Waals surface area contributed by atoms with Gasteiger partial charge >= 0.3 is 6.09 Å². The van der Waals surface area contributed by atoms with Crippen LogP contribution in [0.5, 0.6) is 0 Å². The number of carbonyl (C=O) groups is 1. The number of carbonyl (C=O) groups excluding carboxylic acids is 1. The minimum atomic E-state index is -4.57. The van der Waals surface area contributed by atoms with E-state index < -0.39 is 57.6 Å². The molecule has 3 rings (SSSR count). The Morgan fingerprint density at radius 1 is 1.19 bits per heavy atom. The van der Waals surface area contributed by atoms with Gasteiger partial charge in [-0.05, 0) is 69.3 Å². The van der Waals surface area contributed by atoms with Gasteiger partial charge < -0.3 is 9.16 Å². The minimum Gasteiger partial charge on any atom is -0.444 e. The summed E-state index contributed by atoms with van der Waals surface area (Å²) >= 11 is 0. The Bertz CT molecular complexity index is 1310. The lowest BCUT2D eigenvalue weighted by molar-refractivity contribution is -0.388. The van der Waals surface area contributed by atoms with Crippen molar-refractivity contribution in [2.75, 3.05) is 19.8 Å². The zero-order valence-corrected chi connectivity index (χ0v) is 27.8. The summed E-state index contributed by atoms with van der Waals surface area (Å²) in [5.74, 6) is 0.0851. The molecular weight excluding hydrogens is 578 g/mol. The van der Waals surface area contributed by atoms with E-state index in [4.69, 9.17) is 14.0 Å². The van der Waals surface area contributed by atoms with Crippen molar-refractivity contribution in [3.63, 3.8) is 0 Å². The number of hydrogen-bond acceptors (Lipinski definition) is 8. The summed E-state index contributed by atoms with van der Waals surface area (Å²) in [5.41, 5.74) is -0.569. The first kappa shape index (κ1) is 33.9. The SMILES string of the molecule is C=CCON(C1CN(C(=O)OC(C)(C)C)[C@H](CO[Si](C)(C)C(C)(C)C)C=C1C1CC1)S(=O)(=O)c1ccccc1[N+](=O)[O-]. The molecule has 1 amide bonds. The molecule has 1 aliphatic heterocycles. The Balaban J connectivity index is 2.13. The lowest BCUT2D eigenvalue weighted by Gasteiger charge is -2.44. The number of rotatable bonds is 11. The Hall–Kier alpha value is -2.58. The zero-order chi connectivity index (χ0) is 31.7. The molecular formula is C29H45N3O8SSi. The predicted octanol–water partition coefficient (Wildman–Crippen LogP) is 6.05. The van der Waals surface area contributed by atoms with E-state index in [0.717, 1.165) is 28.9 Å². The third-order valence-corrected chi connectivity index (χ3v) is 14.0. The molecule has 1 aliphatic carbocycles. The molecule has 234 valence electrons. The van der Waals surface area contributed by atoms with Crippen LogP contribution < -0.4 is 0 Å². The van der Waals surface area contributed by atoms with Crippen LogP contribution in [0.1, 0.15) is 54.4 Å². The fourth-order valence-corrected chi connectivity index (χ4v) is 7.01. The fraction of sp³-hybridized carbons (Fsp3) is 0.621. The van der Waals surface area contributed by atoms with Crippen molar-refractivity contribution < 1.29 is 32.1 Å². The van der Waals surface area contributed by atoms with Crippen LogP contribution in [-0.2, 0) is 24.0 Å². The molecule has 42 heavy (non-hydrogen) atoms. The summed E-state index contributed by atoms with van der Waals surface area (Å²) in [7, 11) is -6.76. The first-order valence-corrected chi connectivity index (χ1v) is 18.5. The number of nitro groups is 1. The molecule has 0 spiro atoms.